The molecule has 0 aromatic carbocycles. The minimum atomic E-state index is 0.455. The Balaban J connectivity index is 2.51. The molecule has 1 nitrogen and oxygen atoms in total. The van der Waals surface area contributed by atoms with Crippen molar-refractivity contribution >= 4 is 0 Å². The smallest absolute Gasteiger partial charge is 0.00647 e. The molecule has 11 heavy (non-hydrogen) atoms. The first kappa shape index (κ1) is 9.05. The SMILES string of the molecule is CC1CCC(C)(C)CCC1N. The molecule has 0 aromatic rings. The Morgan fingerprint density at radius 1 is 1.18 bits per heavy atom. The molecule has 2 atom stereocenters. The van der Waals surface area contributed by atoms with Crippen LogP contribution in [0, 0.1) is 11.3 Å². The van der Waals surface area contributed by atoms with Crippen LogP contribution in [0.2, 0.25) is 0 Å². The van der Waals surface area contributed by atoms with Gasteiger partial charge in [0.25, 0.3) is 0 Å². The normalized spacial score (nSPS) is 38.2. The molecule has 1 aliphatic rings. The summed E-state index contributed by atoms with van der Waals surface area (Å²) in [5.41, 5.74) is 6.54. The van der Waals surface area contributed by atoms with E-state index in [2.05, 4.69) is 20.8 Å². The van der Waals surface area contributed by atoms with Crippen LogP contribution >= 0.6 is 0 Å². The van der Waals surface area contributed by atoms with Gasteiger partial charge in [-0.05, 0) is 37.0 Å². The second kappa shape index (κ2) is 3.14. The van der Waals surface area contributed by atoms with Crippen LogP contribution in [0.3, 0.4) is 0 Å². The van der Waals surface area contributed by atoms with Crippen molar-refractivity contribution in [2.75, 3.05) is 0 Å². The van der Waals surface area contributed by atoms with Crippen LogP contribution in [0.15, 0.2) is 0 Å². The van der Waals surface area contributed by atoms with E-state index in [0.717, 1.165) is 5.92 Å². The summed E-state index contributed by atoms with van der Waals surface area (Å²) in [6.45, 7) is 7.00. The molecule has 0 radical (unpaired) electrons. The lowest BCUT2D eigenvalue weighted by molar-refractivity contribution is 0.309. The summed E-state index contributed by atoms with van der Waals surface area (Å²) < 4.78 is 0. The Kier molecular flexibility index (Phi) is 2.58. The largest absolute Gasteiger partial charge is 0.327 e. The zero-order valence-corrected chi connectivity index (χ0v) is 8.06. The van der Waals surface area contributed by atoms with Crippen molar-refractivity contribution in [3.63, 3.8) is 0 Å². The first-order chi connectivity index (χ1) is 5.01. The van der Waals surface area contributed by atoms with Crippen LogP contribution in [-0.2, 0) is 0 Å². The average molecular weight is 155 g/mol. The molecule has 0 bridgehead atoms. The van der Waals surface area contributed by atoms with E-state index in [1.54, 1.807) is 0 Å². The molecule has 1 fully saturated rings. The van der Waals surface area contributed by atoms with Crippen molar-refractivity contribution in [3.05, 3.63) is 0 Å². The van der Waals surface area contributed by atoms with Gasteiger partial charge in [0.2, 0.25) is 0 Å². The fraction of sp³-hybridized carbons (Fsp3) is 1.00. The van der Waals surface area contributed by atoms with Crippen LogP contribution in [0.1, 0.15) is 46.5 Å². The minimum Gasteiger partial charge on any atom is -0.327 e. The Labute approximate surface area is 70.4 Å². The lowest BCUT2D eigenvalue weighted by atomic mass is 9.85. The molecule has 0 amide bonds. The summed E-state index contributed by atoms with van der Waals surface area (Å²) >= 11 is 0. The summed E-state index contributed by atoms with van der Waals surface area (Å²) in [5.74, 6) is 0.733. The van der Waals surface area contributed by atoms with Crippen molar-refractivity contribution < 1.29 is 0 Å². The molecule has 1 heteroatoms. The molecule has 1 rings (SSSR count). The van der Waals surface area contributed by atoms with E-state index in [4.69, 9.17) is 5.73 Å². The van der Waals surface area contributed by atoms with Gasteiger partial charge in [-0.2, -0.15) is 0 Å². The van der Waals surface area contributed by atoms with Crippen molar-refractivity contribution in [2.45, 2.75) is 52.5 Å². The fourth-order valence-corrected chi connectivity index (χ4v) is 1.80. The summed E-state index contributed by atoms with van der Waals surface area (Å²) in [6, 6.07) is 0.455. The number of nitrogens with two attached hydrogens (primary N) is 1. The fourth-order valence-electron chi connectivity index (χ4n) is 1.80. The zero-order chi connectivity index (χ0) is 8.48. The highest BCUT2D eigenvalue weighted by Gasteiger charge is 2.26. The first-order valence-electron chi connectivity index (χ1n) is 4.77. The van der Waals surface area contributed by atoms with Gasteiger partial charge in [0.1, 0.15) is 0 Å². The summed E-state index contributed by atoms with van der Waals surface area (Å²) in [5, 5.41) is 0. The Morgan fingerprint density at radius 2 is 1.73 bits per heavy atom. The molecule has 2 N–H and O–H groups in total. The maximum atomic E-state index is 6.00. The second-order valence-corrected chi connectivity index (χ2v) is 4.88. The maximum Gasteiger partial charge on any atom is 0.00647 e. The van der Waals surface area contributed by atoms with Crippen molar-refractivity contribution in [1.82, 2.24) is 0 Å². The second-order valence-electron chi connectivity index (χ2n) is 4.88. The van der Waals surface area contributed by atoms with Gasteiger partial charge in [-0.15, -0.1) is 0 Å². The van der Waals surface area contributed by atoms with Crippen molar-refractivity contribution in [3.8, 4) is 0 Å². The molecule has 66 valence electrons. The third kappa shape index (κ3) is 2.48. The third-order valence-electron chi connectivity index (χ3n) is 3.16. The molecule has 2 unspecified atom stereocenters. The van der Waals surface area contributed by atoms with Crippen LogP contribution < -0.4 is 5.73 Å². The van der Waals surface area contributed by atoms with E-state index in [1.807, 2.05) is 0 Å². The van der Waals surface area contributed by atoms with E-state index in [0.29, 0.717) is 11.5 Å². The van der Waals surface area contributed by atoms with Gasteiger partial charge < -0.3 is 5.73 Å². The third-order valence-corrected chi connectivity index (χ3v) is 3.16. The monoisotopic (exact) mass is 155 g/mol. The van der Waals surface area contributed by atoms with Crippen LogP contribution in [-0.4, -0.2) is 6.04 Å². The van der Waals surface area contributed by atoms with E-state index < -0.39 is 0 Å². The topological polar surface area (TPSA) is 26.0 Å². The highest BCUT2D eigenvalue weighted by molar-refractivity contribution is 4.81. The summed E-state index contributed by atoms with van der Waals surface area (Å²) in [6.07, 6.45) is 5.18. The molecular weight excluding hydrogens is 134 g/mol. The van der Waals surface area contributed by atoms with Gasteiger partial charge in [0.05, 0.1) is 0 Å². The zero-order valence-electron chi connectivity index (χ0n) is 8.06. The lowest BCUT2D eigenvalue weighted by Crippen LogP contribution is -2.26. The van der Waals surface area contributed by atoms with Gasteiger partial charge in [-0.25, -0.2) is 0 Å². The van der Waals surface area contributed by atoms with Crippen LogP contribution in [0.25, 0.3) is 0 Å². The first-order valence-corrected chi connectivity index (χ1v) is 4.77. The Bertz CT molecular complexity index is 115. The summed E-state index contributed by atoms with van der Waals surface area (Å²) in [7, 11) is 0. The highest BCUT2D eigenvalue weighted by Crippen LogP contribution is 2.35. The molecular formula is C10H21N. The van der Waals surface area contributed by atoms with Gasteiger partial charge in [0.15, 0.2) is 0 Å². The Morgan fingerprint density at radius 3 is 2.36 bits per heavy atom. The van der Waals surface area contributed by atoms with Gasteiger partial charge in [-0.3, -0.25) is 0 Å². The molecule has 0 saturated heterocycles. The highest BCUT2D eigenvalue weighted by atomic mass is 14.6. The molecule has 0 heterocycles. The van der Waals surface area contributed by atoms with Crippen LogP contribution in [0.5, 0.6) is 0 Å². The van der Waals surface area contributed by atoms with Crippen molar-refractivity contribution in [1.29, 1.82) is 0 Å². The molecule has 0 aromatic heterocycles. The van der Waals surface area contributed by atoms with E-state index in [-0.39, 0.29) is 0 Å². The van der Waals surface area contributed by atoms with E-state index >= 15 is 0 Å². The molecule has 1 aliphatic carbocycles. The van der Waals surface area contributed by atoms with Crippen LogP contribution in [0.4, 0.5) is 0 Å². The predicted molar refractivity (Wildman–Crippen MR) is 49.4 cm³/mol. The maximum absolute atomic E-state index is 6.00. The number of hydrogen-bond acceptors (Lipinski definition) is 1. The molecule has 0 spiro atoms. The van der Waals surface area contributed by atoms with Gasteiger partial charge in [-0.1, -0.05) is 20.8 Å². The lowest BCUT2D eigenvalue weighted by Gasteiger charge is -2.21. The molecule has 0 aliphatic heterocycles. The average Bonchev–Trinajstić information content (AvgIpc) is 2.03. The predicted octanol–water partition coefficient (Wildman–Crippen LogP) is 2.55. The number of hydrogen-bond donors (Lipinski definition) is 1. The van der Waals surface area contributed by atoms with E-state index in [1.165, 1.54) is 25.7 Å². The minimum absolute atomic E-state index is 0.455. The van der Waals surface area contributed by atoms with Gasteiger partial charge in [0, 0.05) is 6.04 Å². The van der Waals surface area contributed by atoms with E-state index in [9.17, 15) is 0 Å². The standard InChI is InChI=1S/C10H21N/c1-8-4-6-10(2,3)7-5-9(8)11/h8-9H,4-7,11H2,1-3H3. The quantitative estimate of drug-likeness (QED) is 0.534. The Hall–Kier alpha value is -0.0400. The summed E-state index contributed by atoms with van der Waals surface area (Å²) in [4.78, 5) is 0. The molecule has 1 saturated carbocycles. The number of rotatable bonds is 0. The van der Waals surface area contributed by atoms with Gasteiger partial charge >= 0.3 is 0 Å². The van der Waals surface area contributed by atoms with Crippen molar-refractivity contribution in [2.24, 2.45) is 17.1 Å².